The summed E-state index contributed by atoms with van der Waals surface area (Å²) < 4.78 is 13.0. The van der Waals surface area contributed by atoms with Crippen LogP contribution in [0.2, 0.25) is 0 Å². The van der Waals surface area contributed by atoms with E-state index < -0.39 is 0 Å². The molecule has 0 unspecified atom stereocenters. The monoisotopic (exact) mass is 259 g/mol. The number of hydrogen-bond donors (Lipinski definition) is 1. The number of aromatic nitrogens is 2. The molecule has 0 aliphatic carbocycles. The van der Waals surface area contributed by atoms with Gasteiger partial charge in [0.1, 0.15) is 5.82 Å². The second kappa shape index (κ2) is 5.34. The van der Waals surface area contributed by atoms with E-state index in [2.05, 4.69) is 29.1 Å². The Morgan fingerprint density at radius 2 is 1.74 bits per heavy atom. The van der Waals surface area contributed by atoms with Crippen LogP contribution in [0.25, 0.3) is 11.3 Å². The molecule has 3 nitrogen and oxygen atoms in total. The van der Waals surface area contributed by atoms with Crippen LogP contribution in [0, 0.1) is 12.7 Å². The first kappa shape index (κ1) is 13.5. The van der Waals surface area contributed by atoms with Crippen molar-refractivity contribution in [3.63, 3.8) is 0 Å². The predicted octanol–water partition coefficient (Wildman–Crippen LogP) is 3.76. The number of nitrogens with one attached hydrogen (secondary N) is 1. The summed E-state index contributed by atoms with van der Waals surface area (Å²) in [6.45, 7) is 6.21. The van der Waals surface area contributed by atoms with E-state index in [0.717, 1.165) is 22.5 Å². The molecule has 0 amide bonds. The SMILES string of the molecule is CNc1nc(-c2ccc(F)cc2)c(C)c(C(C)C)n1. The third-order valence-electron chi connectivity index (χ3n) is 3.07. The van der Waals surface area contributed by atoms with Crippen LogP contribution in [0.4, 0.5) is 10.3 Å². The lowest BCUT2D eigenvalue weighted by molar-refractivity contribution is 0.628. The zero-order valence-electron chi connectivity index (χ0n) is 11.7. The van der Waals surface area contributed by atoms with Gasteiger partial charge in [-0.2, -0.15) is 0 Å². The minimum absolute atomic E-state index is 0.242. The van der Waals surface area contributed by atoms with E-state index in [0.29, 0.717) is 11.9 Å². The first-order valence-electron chi connectivity index (χ1n) is 6.35. The topological polar surface area (TPSA) is 37.8 Å². The lowest BCUT2D eigenvalue weighted by Gasteiger charge is -2.14. The third-order valence-corrected chi connectivity index (χ3v) is 3.07. The number of hydrogen-bond acceptors (Lipinski definition) is 3. The van der Waals surface area contributed by atoms with Crippen molar-refractivity contribution in [2.75, 3.05) is 12.4 Å². The minimum atomic E-state index is -0.242. The standard InChI is InChI=1S/C15H18FN3/c1-9(2)13-10(3)14(19-15(17-4)18-13)11-5-7-12(16)8-6-11/h5-9H,1-4H3,(H,17,18,19). The fourth-order valence-corrected chi connectivity index (χ4v) is 2.10. The van der Waals surface area contributed by atoms with Gasteiger partial charge in [0.15, 0.2) is 0 Å². The molecule has 0 atom stereocenters. The highest BCUT2D eigenvalue weighted by Gasteiger charge is 2.14. The molecule has 4 heteroatoms. The fraction of sp³-hybridized carbons (Fsp3) is 0.333. The van der Waals surface area contributed by atoms with E-state index in [-0.39, 0.29) is 5.82 Å². The Kier molecular flexibility index (Phi) is 3.79. The summed E-state index contributed by atoms with van der Waals surface area (Å²) in [5.74, 6) is 0.663. The maximum atomic E-state index is 13.0. The first-order chi connectivity index (χ1) is 9.02. The smallest absolute Gasteiger partial charge is 0.223 e. The van der Waals surface area contributed by atoms with E-state index in [1.54, 1.807) is 19.2 Å². The molecule has 1 aromatic heterocycles. The Morgan fingerprint density at radius 1 is 1.11 bits per heavy atom. The van der Waals surface area contributed by atoms with Gasteiger partial charge < -0.3 is 5.32 Å². The summed E-state index contributed by atoms with van der Waals surface area (Å²) in [6, 6.07) is 6.39. The van der Waals surface area contributed by atoms with Gasteiger partial charge in [0.2, 0.25) is 5.95 Å². The number of nitrogens with zero attached hydrogens (tertiary/aromatic N) is 2. The minimum Gasteiger partial charge on any atom is -0.357 e. The summed E-state index contributed by atoms with van der Waals surface area (Å²) in [7, 11) is 1.79. The highest BCUT2D eigenvalue weighted by atomic mass is 19.1. The zero-order valence-corrected chi connectivity index (χ0v) is 11.7. The van der Waals surface area contributed by atoms with E-state index in [1.165, 1.54) is 12.1 Å². The average molecular weight is 259 g/mol. The molecule has 100 valence electrons. The molecule has 2 rings (SSSR count). The molecular weight excluding hydrogens is 241 g/mol. The summed E-state index contributed by atoms with van der Waals surface area (Å²) in [4.78, 5) is 8.99. The van der Waals surface area contributed by atoms with Gasteiger partial charge in [-0.3, -0.25) is 0 Å². The molecule has 2 aromatic rings. The van der Waals surface area contributed by atoms with Crippen molar-refractivity contribution in [2.24, 2.45) is 0 Å². The van der Waals surface area contributed by atoms with Crippen LogP contribution in [-0.2, 0) is 0 Å². The van der Waals surface area contributed by atoms with Gasteiger partial charge in [-0.1, -0.05) is 13.8 Å². The Hall–Kier alpha value is -1.97. The number of benzene rings is 1. The first-order valence-corrected chi connectivity index (χ1v) is 6.35. The quantitative estimate of drug-likeness (QED) is 0.912. The van der Waals surface area contributed by atoms with Gasteiger partial charge in [-0.05, 0) is 42.7 Å². The van der Waals surface area contributed by atoms with Crippen LogP contribution in [0.5, 0.6) is 0 Å². The summed E-state index contributed by atoms with van der Waals surface area (Å²) in [5.41, 5.74) is 3.81. The molecule has 19 heavy (non-hydrogen) atoms. The lowest BCUT2D eigenvalue weighted by atomic mass is 10.00. The second-order valence-corrected chi connectivity index (χ2v) is 4.82. The molecular formula is C15H18FN3. The van der Waals surface area contributed by atoms with Gasteiger partial charge in [0, 0.05) is 12.6 Å². The average Bonchev–Trinajstić information content (AvgIpc) is 2.40. The van der Waals surface area contributed by atoms with Crippen molar-refractivity contribution in [1.82, 2.24) is 9.97 Å². The van der Waals surface area contributed by atoms with E-state index in [9.17, 15) is 4.39 Å². The molecule has 0 fully saturated rings. The Morgan fingerprint density at radius 3 is 2.26 bits per heavy atom. The Bertz CT molecular complexity index is 577. The second-order valence-electron chi connectivity index (χ2n) is 4.82. The van der Waals surface area contributed by atoms with Crippen molar-refractivity contribution < 1.29 is 4.39 Å². The molecule has 1 aromatic carbocycles. The molecule has 1 heterocycles. The van der Waals surface area contributed by atoms with E-state index in [1.807, 2.05) is 6.92 Å². The lowest BCUT2D eigenvalue weighted by Crippen LogP contribution is -2.06. The maximum absolute atomic E-state index is 13.0. The molecule has 0 spiro atoms. The molecule has 0 aliphatic heterocycles. The number of halogens is 1. The van der Waals surface area contributed by atoms with Crippen LogP contribution < -0.4 is 5.32 Å². The maximum Gasteiger partial charge on any atom is 0.223 e. The van der Waals surface area contributed by atoms with E-state index >= 15 is 0 Å². The van der Waals surface area contributed by atoms with Crippen LogP contribution in [0.1, 0.15) is 31.0 Å². The molecule has 0 radical (unpaired) electrons. The molecule has 0 saturated carbocycles. The molecule has 1 N–H and O–H groups in total. The van der Waals surface area contributed by atoms with Crippen molar-refractivity contribution in [3.8, 4) is 11.3 Å². The van der Waals surface area contributed by atoms with Crippen molar-refractivity contribution in [3.05, 3.63) is 41.3 Å². The predicted molar refractivity (Wildman–Crippen MR) is 75.8 cm³/mol. The van der Waals surface area contributed by atoms with Crippen LogP contribution in [0.15, 0.2) is 24.3 Å². The highest BCUT2D eigenvalue weighted by molar-refractivity contribution is 5.65. The normalized spacial score (nSPS) is 10.8. The van der Waals surface area contributed by atoms with Crippen molar-refractivity contribution >= 4 is 5.95 Å². The fourth-order valence-electron chi connectivity index (χ4n) is 2.10. The van der Waals surface area contributed by atoms with Crippen LogP contribution in [-0.4, -0.2) is 17.0 Å². The van der Waals surface area contributed by atoms with Gasteiger partial charge in [-0.25, -0.2) is 14.4 Å². The summed E-state index contributed by atoms with van der Waals surface area (Å²) in [5, 5.41) is 2.97. The Labute approximate surface area is 112 Å². The zero-order chi connectivity index (χ0) is 14.0. The van der Waals surface area contributed by atoms with Gasteiger partial charge >= 0.3 is 0 Å². The van der Waals surface area contributed by atoms with Crippen LogP contribution in [0.3, 0.4) is 0 Å². The Balaban J connectivity index is 2.61. The number of anilines is 1. The van der Waals surface area contributed by atoms with Crippen LogP contribution >= 0.6 is 0 Å². The largest absolute Gasteiger partial charge is 0.357 e. The number of rotatable bonds is 3. The molecule has 0 bridgehead atoms. The van der Waals surface area contributed by atoms with Crippen molar-refractivity contribution in [2.45, 2.75) is 26.7 Å². The summed E-state index contributed by atoms with van der Waals surface area (Å²) >= 11 is 0. The third kappa shape index (κ3) is 2.72. The van der Waals surface area contributed by atoms with Gasteiger partial charge in [-0.15, -0.1) is 0 Å². The van der Waals surface area contributed by atoms with Crippen molar-refractivity contribution in [1.29, 1.82) is 0 Å². The molecule has 0 aliphatic rings. The van der Waals surface area contributed by atoms with E-state index in [4.69, 9.17) is 0 Å². The highest BCUT2D eigenvalue weighted by Crippen LogP contribution is 2.28. The van der Waals surface area contributed by atoms with Gasteiger partial charge in [0.25, 0.3) is 0 Å². The van der Waals surface area contributed by atoms with Gasteiger partial charge in [0.05, 0.1) is 11.4 Å². The molecule has 0 saturated heterocycles. The summed E-state index contributed by atoms with van der Waals surface area (Å²) in [6.07, 6.45) is 0.